The van der Waals surface area contributed by atoms with Gasteiger partial charge in [-0.1, -0.05) is 42.8 Å². The Bertz CT molecular complexity index is 379. The van der Waals surface area contributed by atoms with E-state index in [4.69, 9.17) is 5.21 Å². The van der Waals surface area contributed by atoms with Crippen molar-refractivity contribution in [2.75, 3.05) is 0 Å². The van der Waals surface area contributed by atoms with Crippen molar-refractivity contribution in [2.24, 2.45) is 5.16 Å². The highest BCUT2D eigenvalue weighted by Gasteiger charge is 2.09. The summed E-state index contributed by atoms with van der Waals surface area (Å²) in [5.41, 5.74) is 1.91. The highest BCUT2D eigenvalue weighted by atomic mass is 16.4. The maximum absolute atomic E-state index is 11.6. The molecule has 0 unspecified atom stereocenters. The molecule has 0 aliphatic carbocycles. The van der Waals surface area contributed by atoms with Crippen molar-refractivity contribution < 1.29 is 10.0 Å². The van der Waals surface area contributed by atoms with Gasteiger partial charge in [-0.15, -0.1) is 0 Å². The summed E-state index contributed by atoms with van der Waals surface area (Å²) in [6.45, 7) is 3.65. The van der Waals surface area contributed by atoms with Crippen LogP contribution in [-0.4, -0.2) is 16.7 Å². The monoisotopic (exact) mass is 219 g/mol. The van der Waals surface area contributed by atoms with Crippen LogP contribution in [0.5, 0.6) is 0 Å². The molecule has 0 amide bonds. The summed E-state index contributed by atoms with van der Waals surface area (Å²) in [4.78, 5) is 11.6. The number of rotatable bonds is 5. The van der Waals surface area contributed by atoms with Gasteiger partial charge < -0.3 is 5.21 Å². The Balaban J connectivity index is 2.75. The number of oxime groups is 1. The van der Waals surface area contributed by atoms with E-state index in [-0.39, 0.29) is 11.5 Å². The van der Waals surface area contributed by atoms with E-state index in [2.05, 4.69) is 12.1 Å². The number of hydrogen-bond acceptors (Lipinski definition) is 3. The predicted molar refractivity (Wildman–Crippen MR) is 64.3 cm³/mol. The van der Waals surface area contributed by atoms with Crippen molar-refractivity contribution >= 4 is 11.5 Å². The molecule has 0 saturated carbocycles. The fourth-order valence-electron chi connectivity index (χ4n) is 1.46. The molecule has 0 bridgehead atoms. The lowest BCUT2D eigenvalue weighted by molar-refractivity contribution is 0.106. The number of hydrogen-bond donors (Lipinski definition) is 1. The molecule has 0 radical (unpaired) electrons. The second-order valence-corrected chi connectivity index (χ2v) is 3.82. The minimum Gasteiger partial charge on any atom is -0.411 e. The quantitative estimate of drug-likeness (QED) is 0.358. The lowest BCUT2D eigenvalue weighted by Gasteiger charge is -2.02. The zero-order valence-corrected chi connectivity index (χ0v) is 9.73. The average Bonchev–Trinajstić information content (AvgIpc) is 2.35. The molecular weight excluding hydrogens is 202 g/mol. The van der Waals surface area contributed by atoms with Crippen LogP contribution in [0.2, 0.25) is 0 Å². The first kappa shape index (κ1) is 12.4. The minimum absolute atomic E-state index is 0.112. The SMILES string of the molecule is CCCCc1ccc(C(=O)/C(C)=N/O)cc1. The molecule has 0 heterocycles. The molecule has 16 heavy (non-hydrogen) atoms. The van der Waals surface area contributed by atoms with E-state index in [1.54, 1.807) is 12.1 Å². The smallest absolute Gasteiger partial charge is 0.210 e. The van der Waals surface area contributed by atoms with Crippen LogP contribution in [0.1, 0.15) is 42.6 Å². The van der Waals surface area contributed by atoms with Crippen LogP contribution in [0.4, 0.5) is 0 Å². The van der Waals surface area contributed by atoms with E-state index >= 15 is 0 Å². The van der Waals surface area contributed by atoms with Gasteiger partial charge in [0.05, 0.1) is 0 Å². The normalized spacial score (nSPS) is 11.5. The first-order chi connectivity index (χ1) is 7.69. The number of carbonyl (C=O) groups is 1. The molecular formula is C13H17NO2. The molecule has 0 saturated heterocycles. The Hall–Kier alpha value is -1.64. The predicted octanol–water partition coefficient (Wildman–Crippen LogP) is 3.06. The maximum atomic E-state index is 11.6. The number of carbonyl (C=O) groups excluding carboxylic acids is 1. The van der Waals surface area contributed by atoms with Gasteiger partial charge in [0.1, 0.15) is 5.71 Å². The van der Waals surface area contributed by atoms with E-state index in [9.17, 15) is 4.79 Å². The van der Waals surface area contributed by atoms with Crippen LogP contribution in [0.3, 0.4) is 0 Å². The molecule has 0 aliphatic rings. The van der Waals surface area contributed by atoms with E-state index in [1.807, 2.05) is 12.1 Å². The van der Waals surface area contributed by atoms with Crippen molar-refractivity contribution in [3.63, 3.8) is 0 Å². The highest BCUT2D eigenvalue weighted by molar-refractivity contribution is 6.45. The average molecular weight is 219 g/mol. The number of aryl methyl sites for hydroxylation is 1. The zero-order chi connectivity index (χ0) is 12.0. The van der Waals surface area contributed by atoms with E-state index in [0.29, 0.717) is 5.56 Å². The summed E-state index contributed by atoms with van der Waals surface area (Å²) >= 11 is 0. The molecule has 1 aromatic rings. The molecule has 1 aromatic carbocycles. The number of nitrogens with zero attached hydrogens (tertiary/aromatic N) is 1. The molecule has 0 aliphatic heterocycles. The number of unbranched alkanes of at least 4 members (excludes halogenated alkanes) is 1. The van der Waals surface area contributed by atoms with Gasteiger partial charge in [-0.05, 0) is 25.3 Å². The van der Waals surface area contributed by atoms with Crippen LogP contribution in [0, 0.1) is 0 Å². The fraction of sp³-hybridized carbons (Fsp3) is 0.385. The summed E-state index contributed by atoms with van der Waals surface area (Å²) in [6, 6.07) is 7.46. The van der Waals surface area contributed by atoms with Gasteiger partial charge in [0, 0.05) is 5.56 Å². The fourth-order valence-corrected chi connectivity index (χ4v) is 1.46. The molecule has 1 rings (SSSR count). The molecule has 3 nitrogen and oxygen atoms in total. The van der Waals surface area contributed by atoms with Crippen LogP contribution < -0.4 is 0 Å². The molecule has 0 fully saturated rings. The van der Waals surface area contributed by atoms with E-state index in [1.165, 1.54) is 12.5 Å². The van der Waals surface area contributed by atoms with Gasteiger partial charge in [-0.2, -0.15) is 0 Å². The molecule has 3 heteroatoms. The third-order valence-electron chi connectivity index (χ3n) is 2.51. The Morgan fingerprint density at radius 1 is 1.31 bits per heavy atom. The first-order valence-corrected chi connectivity index (χ1v) is 5.51. The van der Waals surface area contributed by atoms with Gasteiger partial charge in [-0.3, -0.25) is 4.79 Å². The van der Waals surface area contributed by atoms with Gasteiger partial charge in [-0.25, -0.2) is 0 Å². The second-order valence-electron chi connectivity index (χ2n) is 3.82. The van der Waals surface area contributed by atoms with Crippen molar-refractivity contribution in [3.8, 4) is 0 Å². The van der Waals surface area contributed by atoms with Gasteiger partial charge in [0.25, 0.3) is 0 Å². The lowest BCUT2D eigenvalue weighted by Crippen LogP contribution is -2.10. The standard InChI is InChI=1S/C13H17NO2/c1-3-4-5-11-6-8-12(9-7-11)13(15)10(2)14-16/h6-9,16H,3-5H2,1-2H3/b14-10+. The van der Waals surface area contributed by atoms with Crippen molar-refractivity contribution in [3.05, 3.63) is 35.4 Å². The van der Waals surface area contributed by atoms with Crippen molar-refractivity contribution in [2.45, 2.75) is 33.1 Å². The van der Waals surface area contributed by atoms with Gasteiger partial charge in [0.15, 0.2) is 0 Å². The molecule has 1 N–H and O–H groups in total. The second kappa shape index (κ2) is 6.05. The van der Waals surface area contributed by atoms with E-state index < -0.39 is 0 Å². The first-order valence-electron chi connectivity index (χ1n) is 5.51. The Morgan fingerprint density at radius 3 is 2.44 bits per heavy atom. The van der Waals surface area contributed by atoms with Crippen molar-refractivity contribution in [1.29, 1.82) is 0 Å². The Kier molecular flexibility index (Phi) is 4.70. The summed E-state index contributed by atoms with van der Waals surface area (Å²) in [5, 5.41) is 11.4. The van der Waals surface area contributed by atoms with Crippen LogP contribution in [0.15, 0.2) is 29.4 Å². The molecule has 0 atom stereocenters. The third kappa shape index (κ3) is 3.19. The maximum Gasteiger partial charge on any atom is 0.210 e. The summed E-state index contributed by atoms with van der Waals surface area (Å²) in [5.74, 6) is -0.232. The largest absolute Gasteiger partial charge is 0.411 e. The molecule has 0 spiro atoms. The van der Waals surface area contributed by atoms with Gasteiger partial charge >= 0.3 is 0 Å². The van der Waals surface area contributed by atoms with E-state index in [0.717, 1.165) is 19.3 Å². The van der Waals surface area contributed by atoms with Crippen LogP contribution in [-0.2, 0) is 6.42 Å². The highest BCUT2D eigenvalue weighted by Crippen LogP contribution is 2.09. The van der Waals surface area contributed by atoms with Crippen molar-refractivity contribution in [1.82, 2.24) is 0 Å². The Morgan fingerprint density at radius 2 is 1.94 bits per heavy atom. The zero-order valence-electron chi connectivity index (χ0n) is 9.73. The number of benzene rings is 1. The molecule has 86 valence electrons. The topological polar surface area (TPSA) is 49.7 Å². The lowest BCUT2D eigenvalue weighted by atomic mass is 10.0. The molecule has 0 aromatic heterocycles. The summed E-state index contributed by atoms with van der Waals surface area (Å²) in [7, 11) is 0. The minimum atomic E-state index is -0.232. The number of Topliss-reactive ketones (excluding diaryl/α,β-unsaturated/α-hetero) is 1. The van der Waals surface area contributed by atoms with Gasteiger partial charge in [0.2, 0.25) is 5.78 Å². The van der Waals surface area contributed by atoms with Crippen LogP contribution in [0.25, 0.3) is 0 Å². The summed E-state index contributed by atoms with van der Waals surface area (Å²) in [6.07, 6.45) is 3.36. The third-order valence-corrected chi connectivity index (χ3v) is 2.51. The Labute approximate surface area is 95.8 Å². The number of ketones is 1. The van der Waals surface area contributed by atoms with Crippen LogP contribution >= 0.6 is 0 Å². The summed E-state index contributed by atoms with van der Waals surface area (Å²) < 4.78 is 0.